The molecule has 0 spiro atoms. The van der Waals surface area contributed by atoms with E-state index in [0.29, 0.717) is 19.5 Å². The van der Waals surface area contributed by atoms with Crippen molar-refractivity contribution in [3.63, 3.8) is 0 Å². The number of carbonyl (C=O) groups is 3. The smallest absolute Gasteiger partial charge is 0.310 e. The molecule has 27 heavy (non-hydrogen) atoms. The zero-order chi connectivity index (χ0) is 20.0. The molecule has 1 heterocycles. The second kappa shape index (κ2) is 9.88. The van der Waals surface area contributed by atoms with E-state index in [4.69, 9.17) is 4.74 Å². The number of aliphatic hydroxyl groups excluding tert-OH is 1. The SMILES string of the molecule is CCCCNC(=O)[C@@H]1[C@H]2C=C[C@@H](C)[C@@H](C(=O)OCC)[C@H]2C(=O)N1CCCO. The summed E-state index contributed by atoms with van der Waals surface area (Å²) >= 11 is 0. The molecule has 0 unspecified atom stereocenters. The van der Waals surface area contributed by atoms with Crippen LogP contribution in [0.5, 0.6) is 0 Å². The van der Waals surface area contributed by atoms with Crippen molar-refractivity contribution in [3.05, 3.63) is 12.2 Å². The molecule has 0 radical (unpaired) electrons. The predicted octanol–water partition coefficient (Wildman–Crippen LogP) is 1.11. The summed E-state index contributed by atoms with van der Waals surface area (Å²) in [6.45, 7) is 6.74. The number of rotatable bonds is 9. The molecule has 0 aromatic rings. The Morgan fingerprint density at radius 1 is 1.26 bits per heavy atom. The first-order valence-electron chi connectivity index (χ1n) is 10.0. The minimum Gasteiger partial charge on any atom is -0.466 e. The molecule has 7 nitrogen and oxygen atoms in total. The van der Waals surface area contributed by atoms with E-state index in [0.717, 1.165) is 12.8 Å². The summed E-state index contributed by atoms with van der Waals surface area (Å²) in [4.78, 5) is 40.1. The quantitative estimate of drug-likeness (QED) is 0.355. The maximum atomic E-state index is 13.2. The van der Waals surface area contributed by atoms with Crippen LogP contribution in [0.25, 0.3) is 0 Å². The van der Waals surface area contributed by atoms with Crippen LogP contribution in [0.2, 0.25) is 0 Å². The fourth-order valence-corrected chi connectivity index (χ4v) is 4.16. The lowest BCUT2D eigenvalue weighted by molar-refractivity contribution is -0.155. The molecule has 1 aliphatic carbocycles. The van der Waals surface area contributed by atoms with Crippen molar-refractivity contribution in [1.29, 1.82) is 0 Å². The molecular formula is C20H32N2O5. The number of nitrogens with zero attached hydrogens (tertiary/aromatic N) is 1. The first kappa shape index (κ1) is 21.4. The van der Waals surface area contributed by atoms with Gasteiger partial charge in [0.2, 0.25) is 11.8 Å². The number of likely N-dealkylation sites (tertiary alicyclic amines) is 1. The third-order valence-corrected chi connectivity index (χ3v) is 5.49. The van der Waals surface area contributed by atoms with E-state index in [1.54, 1.807) is 11.8 Å². The molecule has 2 rings (SSSR count). The molecule has 2 N–H and O–H groups in total. The zero-order valence-electron chi connectivity index (χ0n) is 16.5. The molecule has 0 saturated carbocycles. The first-order chi connectivity index (χ1) is 13.0. The van der Waals surface area contributed by atoms with Gasteiger partial charge in [-0.15, -0.1) is 0 Å². The standard InChI is InChI=1S/C20H32N2O5/c1-4-6-10-21-18(24)17-14-9-8-13(3)15(20(26)27-5-2)16(14)19(25)22(17)11-7-12-23/h8-9,13-17,23H,4-7,10-12H2,1-3H3,(H,21,24)/t13-,14+,15-,16+,17+/m1/s1. The van der Waals surface area contributed by atoms with Crippen LogP contribution in [-0.2, 0) is 19.1 Å². The predicted molar refractivity (Wildman–Crippen MR) is 101 cm³/mol. The Hall–Kier alpha value is -1.89. The summed E-state index contributed by atoms with van der Waals surface area (Å²) in [5.74, 6) is -2.43. The largest absolute Gasteiger partial charge is 0.466 e. The summed E-state index contributed by atoms with van der Waals surface area (Å²) in [5, 5.41) is 12.1. The van der Waals surface area contributed by atoms with Crippen molar-refractivity contribution in [2.75, 3.05) is 26.3 Å². The van der Waals surface area contributed by atoms with Crippen LogP contribution < -0.4 is 5.32 Å². The topological polar surface area (TPSA) is 95.9 Å². The van der Waals surface area contributed by atoms with E-state index in [9.17, 15) is 19.5 Å². The highest BCUT2D eigenvalue weighted by molar-refractivity contribution is 5.96. The van der Waals surface area contributed by atoms with Crippen molar-refractivity contribution >= 4 is 17.8 Å². The maximum Gasteiger partial charge on any atom is 0.310 e. The minimum absolute atomic E-state index is 0.0587. The number of unbranched alkanes of at least 4 members (excludes halogenated alkanes) is 1. The fraction of sp³-hybridized carbons (Fsp3) is 0.750. The van der Waals surface area contributed by atoms with Gasteiger partial charge in [0.15, 0.2) is 0 Å². The molecule has 1 fully saturated rings. The van der Waals surface area contributed by atoms with Gasteiger partial charge in [-0.2, -0.15) is 0 Å². The molecule has 2 aliphatic rings. The van der Waals surface area contributed by atoms with Crippen molar-refractivity contribution in [3.8, 4) is 0 Å². The van der Waals surface area contributed by atoms with Crippen LogP contribution in [0.1, 0.15) is 40.0 Å². The van der Waals surface area contributed by atoms with Crippen molar-refractivity contribution in [2.24, 2.45) is 23.7 Å². The summed E-state index contributed by atoms with van der Waals surface area (Å²) in [7, 11) is 0. The van der Waals surface area contributed by atoms with Gasteiger partial charge in [0.1, 0.15) is 6.04 Å². The highest BCUT2D eigenvalue weighted by Crippen LogP contribution is 2.44. The maximum absolute atomic E-state index is 13.2. The van der Waals surface area contributed by atoms with Crippen LogP contribution in [0.3, 0.4) is 0 Å². The highest BCUT2D eigenvalue weighted by Gasteiger charge is 2.56. The van der Waals surface area contributed by atoms with E-state index < -0.39 is 17.9 Å². The average molecular weight is 380 g/mol. The van der Waals surface area contributed by atoms with Gasteiger partial charge < -0.3 is 20.1 Å². The molecular weight excluding hydrogens is 348 g/mol. The van der Waals surface area contributed by atoms with Crippen LogP contribution >= 0.6 is 0 Å². The lowest BCUT2D eigenvalue weighted by atomic mass is 9.70. The van der Waals surface area contributed by atoms with Gasteiger partial charge in [-0.3, -0.25) is 14.4 Å². The molecule has 0 aromatic carbocycles. The van der Waals surface area contributed by atoms with E-state index >= 15 is 0 Å². The minimum atomic E-state index is -0.647. The summed E-state index contributed by atoms with van der Waals surface area (Å²) in [6.07, 6.45) is 6.05. The molecule has 1 saturated heterocycles. The van der Waals surface area contributed by atoms with Crippen molar-refractivity contribution in [1.82, 2.24) is 10.2 Å². The number of amides is 2. The van der Waals surface area contributed by atoms with Gasteiger partial charge in [-0.05, 0) is 25.7 Å². The molecule has 1 aliphatic heterocycles. The Kier molecular flexibility index (Phi) is 7.83. The van der Waals surface area contributed by atoms with Crippen LogP contribution in [-0.4, -0.2) is 60.1 Å². The Labute approximate surface area is 161 Å². The second-order valence-electron chi connectivity index (χ2n) is 7.32. The Morgan fingerprint density at radius 2 is 2.00 bits per heavy atom. The summed E-state index contributed by atoms with van der Waals surface area (Å²) in [5.41, 5.74) is 0. The summed E-state index contributed by atoms with van der Waals surface area (Å²) in [6, 6.07) is -0.647. The van der Waals surface area contributed by atoms with Gasteiger partial charge >= 0.3 is 5.97 Å². The van der Waals surface area contributed by atoms with E-state index in [1.165, 1.54) is 0 Å². The Balaban J connectivity index is 2.31. The number of ether oxygens (including phenoxy) is 1. The number of fused-ring (bicyclic) bond motifs is 1. The van der Waals surface area contributed by atoms with Crippen LogP contribution in [0.15, 0.2) is 12.2 Å². The van der Waals surface area contributed by atoms with E-state index in [2.05, 4.69) is 5.32 Å². The van der Waals surface area contributed by atoms with E-state index in [-0.39, 0.29) is 42.8 Å². The molecule has 0 bridgehead atoms. The third kappa shape index (κ3) is 4.51. The Bertz CT molecular complexity index is 577. The monoisotopic (exact) mass is 380 g/mol. The van der Waals surface area contributed by atoms with Gasteiger partial charge in [0.25, 0.3) is 0 Å². The van der Waals surface area contributed by atoms with Gasteiger partial charge in [0, 0.05) is 25.6 Å². The summed E-state index contributed by atoms with van der Waals surface area (Å²) < 4.78 is 5.22. The van der Waals surface area contributed by atoms with Crippen molar-refractivity contribution in [2.45, 2.75) is 46.1 Å². The van der Waals surface area contributed by atoms with Crippen LogP contribution in [0, 0.1) is 23.7 Å². The number of hydrogen-bond donors (Lipinski definition) is 2. The molecule has 152 valence electrons. The number of aliphatic hydroxyl groups is 1. The zero-order valence-corrected chi connectivity index (χ0v) is 16.5. The first-order valence-corrected chi connectivity index (χ1v) is 10.0. The average Bonchev–Trinajstić information content (AvgIpc) is 2.92. The molecule has 2 amide bonds. The number of nitrogens with one attached hydrogen (secondary N) is 1. The van der Waals surface area contributed by atoms with Gasteiger partial charge in [-0.1, -0.05) is 32.4 Å². The normalized spacial score (nSPS) is 29.6. The number of hydrogen-bond acceptors (Lipinski definition) is 5. The van der Waals surface area contributed by atoms with Crippen molar-refractivity contribution < 1.29 is 24.2 Å². The van der Waals surface area contributed by atoms with Gasteiger partial charge in [0.05, 0.1) is 18.4 Å². The number of carbonyl (C=O) groups excluding carboxylic acids is 3. The molecule has 5 atom stereocenters. The second-order valence-corrected chi connectivity index (χ2v) is 7.32. The number of allylic oxidation sites excluding steroid dienone is 1. The lowest BCUT2D eigenvalue weighted by Crippen LogP contribution is -2.47. The number of esters is 1. The third-order valence-electron chi connectivity index (χ3n) is 5.49. The lowest BCUT2D eigenvalue weighted by Gasteiger charge is -2.32. The highest BCUT2D eigenvalue weighted by atomic mass is 16.5. The molecule has 7 heteroatoms. The van der Waals surface area contributed by atoms with Crippen LogP contribution in [0.4, 0.5) is 0 Å². The van der Waals surface area contributed by atoms with E-state index in [1.807, 2.05) is 26.0 Å². The fourth-order valence-electron chi connectivity index (χ4n) is 4.16. The van der Waals surface area contributed by atoms with Gasteiger partial charge in [-0.25, -0.2) is 0 Å². The Morgan fingerprint density at radius 3 is 2.63 bits per heavy atom. The molecule has 0 aromatic heterocycles.